The first kappa shape index (κ1) is 22.0. The smallest absolute Gasteiger partial charge is 0.323 e. The molecule has 0 unspecified atom stereocenters. The summed E-state index contributed by atoms with van der Waals surface area (Å²) in [7, 11) is 1.40. The van der Waals surface area contributed by atoms with Crippen LogP contribution in [0.3, 0.4) is 0 Å². The van der Waals surface area contributed by atoms with Crippen molar-refractivity contribution >= 4 is 18.6 Å². The monoisotopic (exact) mass is 339 g/mol. The lowest BCUT2D eigenvalue weighted by molar-refractivity contribution is -0.142. The molecule has 0 aromatic carbocycles. The minimum absolute atomic E-state index is 0.263. The Balaban J connectivity index is 4.06. The van der Waals surface area contributed by atoms with Gasteiger partial charge < -0.3 is 10.1 Å². The first-order valence-electron chi connectivity index (χ1n) is 8.27. The van der Waals surface area contributed by atoms with Crippen LogP contribution < -0.4 is 5.32 Å². The number of thiol groups is 1. The number of carbonyl (C=O) groups is 1. The molecular formula is C19H33NO2S. The summed E-state index contributed by atoms with van der Waals surface area (Å²) >= 11 is 4.16. The van der Waals surface area contributed by atoms with Crippen molar-refractivity contribution in [2.75, 3.05) is 19.4 Å². The average Bonchev–Trinajstić information content (AvgIpc) is 2.50. The largest absolute Gasteiger partial charge is 0.468 e. The van der Waals surface area contributed by atoms with Gasteiger partial charge >= 0.3 is 5.97 Å². The van der Waals surface area contributed by atoms with Gasteiger partial charge in [-0.25, -0.2) is 0 Å². The fourth-order valence-electron chi connectivity index (χ4n) is 2.08. The van der Waals surface area contributed by atoms with E-state index in [4.69, 9.17) is 4.74 Å². The molecule has 0 aliphatic heterocycles. The summed E-state index contributed by atoms with van der Waals surface area (Å²) in [5, 5.41) is 3.14. The van der Waals surface area contributed by atoms with Crippen LogP contribution in [0.5, 0.6) is 0 Å². The van der Waals surface area contributed by atoms with Gasteiger partial charge in [0, 0.05) is 12.3 Å². The molecule has 132 valence electrons. The number of nitrogens with one attached hydrogen (secondary N) is 1. The van der Waals surface area contributed by atoms with Crippen LogP contribution >= 0.6 is 12.6 Å². The van der Waals surface area contributed by atoms with E-state index < -0.39 is 0 Å². The van der Waals surface area contributed by atoms with Gasteiger partial charge in [-0.05, 0) is 53.4 Å². The summed E-state index contributed by atoms with van der Waals surface area (Å²) in [5.74, 6) is 0.175. The number of rotatable bonds is 11. The Kier molecular flexibility index (Phi) is 12.9. The highest BCUT2D eigenvalue weighted by Gasteiger charge is 2.15. The summed E-state index contributed by atoms with van der Waals surface area (Å²) in [4.78, 5) is 11.4. The highest BCUT2D eigenvalue weighted by molar-refractivity contribution is 7.80. The maximum absolute atomic E-state index is 11.4. The Hall–Kier alpha value is -1.00. The van der Waals surface area contributed by atoms with Gasteiger partial charge in [-0.15, -0.1) is 0 Å². The van der Waals surface area contributed by atoms with Crippen molar-refractivity contribution in [2.45, 2.75) is 59.4 Å². The minimum Gasteiger partial charge on any atom is -0.468 e. The van der Waals surface area contributed by atoms with Crippen LogP contribution in [0.25, 0.3) is 0 Å². The van der Waals surface area contributed by atoms with E-state index in [1.54, 1.807) is 0 Å². The third kappa shape index (κ3) is 12.1. The number of ether oxygens (including phenoxy) is 1. The molecule has 0 bridgehead atoms. The molecule has 0 aliphatic rings. The Morgan fingerprint density at radius 1 is 1.04 bits per heavy atom. The highest BCUT2D eigenvalue weighted by Crippen LogP contribution is 2.11. The summed E-state index contributed by atoms with van der Waals surface area (Å²) in [6.45, 7) is 9.27. The number of allylic oxidation sites excluding steroid dienone is 5. The van der Waals surface area contributed by atoms with E-state index in [2.05, 4.69) is 63.9 Å². The van der Waals surface area contributed by atoms with E-state index in [-0.39, 0.29) is 12.0 Å². The van der Waals surface area contributed by atoms with Crippen LogP contribution in [-0.4, -0.2) is 31.4 Å². The molecule has 4 heteroatoms. The molecule has 0 aliphatic carbocycles. The van der Waals surface area contributed by atoms with Crippen LogP contribution in [0.15, 0.2) is 34.9 Å². The van der Waals surface area contributed by atoms with Crippen molar-refractivity contribution in [3.05, 3.63) is 34.9 Å². The normalized spacial score (nSPS) is 13.7. The Labute approximate surface area is 147 Å². The van der Waals surface area contributed by atoms with Crippen molar-refractivity contribution in [3.63, 3.8) is 0 Å². The van der Waals surface area contributed by atoms with Gasteiger partial charge in [0.15, 0.2) is 0 Å². The maximum atomic E-state index is 11.4. The topological polar surface area (TPSA) is 38.3 Å². The summed E-state index contributed by atoms with van der Waals surface area (Å²) < 4.78 is 4.72. The van der Waals surface area contributed by atoms with Crippen LogP contribution in [0.2, 0.25) is 0 Å². The van der Waals surface area contributed by atoms with Crippen molar-refractivity contribution < 1.29 is 9.53 Å². The molecule has 0 heterocycles. The van der Waals surface area contributed by atoms with E-state index in [0.29, 0.717) is 12.3 Å². The van der Waals surface area contributed by atoms with Gasteiger partial charge in [-0.3, -0.25) is 4.79 Å². The molecular weight excluding hydrogens is 306 g/mol. The quantitative estimate of drug-likeness (QED) is 0.331. The Morgan fingerprint density at radius 2 is 1.61 bits per heavy atom. The predicted octanol–water partition coefficient (Wildman–Crippen LogP) is 4.47. The molecule has 3 nitrogen and oxygen atoms in total. The standard InChI is InChI=1S/C19H33NO2S/c1-15(2)8-6-9-16(3)10-7-11-17(4)12-13-20-18(14-23)19(21)22-5/h8,10,12,18,20,23H,6-7,9,11,13-14H2,1-5H3/t18-/m0/s1. The summed E-state index contributed by atoms with van der Waals surface area (Å²) in [6.07, 6.45) is 11.1. The summed E-state index contributed by atoms with van der Waals surface area (Å²) in [6, 6.07) is -0.343. The second-order valence-electron chi connectivity index (χ2n) is 6.13. The lowest BCUT2D eigenvalue weighted by atomic mass is 10.1. The second-order valence-corrected chi connectivity index (χ2v) is 6.49. The van der Waals surface area contributed by atoms with E-state index in [1.165, 1.54) is 23.8 Å². The number of esters is 1. The zero-order valence-electron chi connectivity index (χ0n) is 15.3. The molecule has 1 N–H and O–H groups in total. The lowest BCUT2D eigenvalue weighted by Gasteiger charge is -2.12. The first-order chi connectivity index (χ1) is 10.9. The Bertz CT molecular complexity index is 435. The fourth-order valence-corrected chi connectivity index (χ4v) is 2.36. The lowest BCUT2D eigenvalue weighted by Crippen LogP contribution is -2.39. The molecule has 0 radical (unpaired) electrons. The first-order valence-corrected chi connectivity index (χ1v) is 8.90. The molecule has 0 saturated heterocycles. The number of hydrogen-bond donors (Lipinski definition) is 2. The Morgan fingerprint density at radius 3 is 2.13 bits per heavy atom. The van der Waals surface area contributed by atoms with Crippen LogP contribution in [0.4, 0.5) is 0 Å². The predicted molar refractivity (Wildman–Crippen MR) is 103 cm³/mol. The van der Waals surface area contributed by atoms with Crippen molar-refractivity contribution in [1.29, 1.82) is 0 Å². The molecule has 0 rings (SSSR count). The van der Waals surface area contributed by atoms with Crippen molar-refractivity contribution in [3.8, 4) is 0 Å². The third-order valence-corrected chi connectivity index (χ3v) is 3.97. The van der Waals surface area contributed by atoms with Crippen molar-refractivity contribution in [2.24, 2.45) is 0 Å². The SMILES string of the molecule is COC(=O)[C@H](CS)NCC=C(C)CCC=C(C)CCC=C(C)C. The maximum Gasteiger partial charge on any atom is 0.323 e. The molecule has 1 atom stereocenters. The molecule has 23 heavy (non-hydrogen) atoms. The van der Waals surface area contributed by atoms with Crippen LogP contribution in [0.1, 0.15) is 53.4 Å². The van der Waals surface area contributed by atoms with E-state index in [0.717, 1.165) is 25.7 Å². The molecule has 0 amide bonds. The van der Waals surface area contributed by atoms with E-state index in [9.17, 15) is 4.79 Å². The molecule has 0 spiro atoms. The van der Waals surface area contributed by atoms with Gasteiger partial charge in [-0.1, -0.05) is 34.9 Å². The van der Waals surface area contributed by atoms with Gasteiger partial charge in [-0.2, -0.15) is 12.6 Å². The molecule has 0 saturated carbocycles. The van der Waals surface area contributed by atoms with Crippen molar-refractivity contribution in [1.82, 2.24) is 5.32 Å². The minimum atomic E-state index is -0.343. The van der Waals surface area contributed by atoms with E-state index >= 15 is 0 Å². The number of hydrogen-bond acceptors (Lipinski definition) is 4. The van der Waals surface area contributed by atoms with Gasteiger partial charge in [0.1, 0.15) is 6.04 Å². The molecule has 0 aromatic rings. The van der Waals surface area contributed by atoms with Gasteiger partial charge in [0.05, 0.1) is 7.11 Å². The van der Waals surface area contributed by atoms with E-state index in [1.807, 2.05) is 0 Å². The average molecular weight is 340 g/mol. The summed E-state index contributed by atoms with van der Waals surface area (Å²) in [5.41, 5.74) is 4.17. The molecule has 0 fully saturated rings. The highest BCUT2D eigenvalue weighted by atomic mass is 32.1. The second kappa shape index (κ2) is 13.4. The van der Waals surface area contributed by atoms with Crippen LogP contribution in [-0.2, 0) is 9.53 Å². The zero-order valence-corrected chi connectivity index (χ0v) is 16.2. The number of methoxy groups -OCH3 is 1. The van der Waals surface area contributed by atoms with Gasteiger partial charge in [0.25, 0.3) is 0 Å². The number of carbonyl (C=O) groups excluding carboxylic acids is 1. The van der Waals surface area contributed by atoms with Crippen LogP contribution in [0, 0.1) is 0 Å². The molecule has 0 aromatic heterocycles. The third-order valence-electron chi connectivity index (χ3n) is 3.61. The van der Waals surface area contributed by atoms with Gasteiger partial charge in [0.2, 0.25) is 0 Å². The fraction of sp³-hybridized carbons (Fsp3) is 0.632. The zero-order chi connectivity index (χ0) is 17.7.